The number of primary sulfonamides is 1. The van der Waals surface area contributed by atoms with Gasteiger partial charge in [-0.3, -0.25) is 4.79 Å². The average molecular weight is 367 g/mol. The highest BCUT2D eigenvalue weighted by Crippen LogP contribution is 2.37. The van der Waals surface area contributed by atoms with Gasteiger partial charge in [0.2, 0.25) is 10.0 Å². The van der Waals surface area contributed by atoms with Gasteiger partial charge in [-0.1, -0.05) is 27.7 Å². The summed E-state index contributed by atoms with van der Waals surface area (Å²) in [7, 11) is -3.97. The van der Waals surface area contributed by atoms with Crippen LogP contribution < -0.4 is 10.5 Å². The van der Waals surface area contributed by atoms with E-state index in [2.05, 4.69) is 14.9 Å². The second-order valence-corrected chi connectivity index (χ2v) is 7.05. The van der Waals surface area contributed by atoms with Crippen LogP contribution in [0, 0.1) is 6.92 Å². The Hall–Kier alpha value is -1.26. The molecule has 0 aliphatic carbocycles. The summed E-state index contributed by atoms with van der Waals surface area (Å²) in [5.74, 6) is -0.503. The third kappa shape index (κ3) is 3.33. The van der Waals surface area contributed by atoms with E-state index in [9.17, 15) is 13.2 Å². The molecule has 1 aromatic heterocycles. The SMILES string of the molecule is Cc1c(S(N)(=O)=O)cc(Cl)c(NC(=O)c2cnns2)c1Cl. The van der Waals surface area contributed by atoms with Gasteiger partial charge in [-0.2, -0.15) is 0 Å². The van der Waals surface area contributed by atoms with E-state index in [0.29, 0.717) is 0 Å². The van der Waals surface area contributed by atoms with Crippen molar-refractivity contribution >= 4 is 56.4 Å². The first kappa shape index (κ1) is 16.1. The van der Waals surface area contributed by atoms with Crippen LogP contribution in [0.2, 0.25) is 10.0 Å². The van der Waals surface area contributed by atoms with Gasteiger partial charge >= 0.3 is 0 Å². The largest absolute Gasteiger partial charge is 0.319 e. The second-order valence-electron chi connectivity index (χ2n) is 3.95. The monoisotopic (exact) mass is 366 g/mol. The quantitative estimate of drug-likeness (QED) is 0.862. The van der Waals surface area contributed by atoms with Gasteiger partial charge < -0.3 is 5.32 Å². The van der Waals surface area contributed by atoms with Crippen molar-refractivity contribution in [3.05, 3.63) is 32.7 Å². The van der Waals surface area contributed by atoms with Crippen molar-refractivity contribution in [1.82, 2.24) is 9.59 Å². The number of halogens is 2. The fraction of sp³-hybridized carbons (Fsp3) is 0.100. The maximum atomic E-state index is 11.9. The van der Waals surface area contributed by atoms with Gasteiger partial charge in [-0.05, 0) is 30.1 Å². The number of hydrogen-bond acceptors (Lipinski definition) is 6. The number of nitrogens with one attached hydrogen (secondary N) is 1. The number of carbonyl (C=O) groups excluding carboxylic acids is 1. The van der Waals surface area contributed by atoms with Gasteiger partial charge in [-0.15, -0.1) is 5.10 Å². The minimum atomic E-state index is -3.97. The molecule has 21 heavy (non-hydrogen) atoms. The van der Waals surface area contributed by atoms with Gasteiger partial charge in [-0.25, -0.2) is 13.6 Å². The van der Waals surface area contributed by atoms with E-state index in [1.807, 2.05) is 0 Å². The third-order valence-electron chi connectivity index (χ3n) is 2.55. The maximum Gasteiger partial charge on any atom is 0.269 e. The Morgan fingerprint density at radius 2 is 2.10 bits per heavy atom. The van der Waals surface area contributed by atoms with Gasteiger partial charge in [0.05, 0.1) is 26.8 Å². The highest BCUT2D eigenvalue weighted by Gasteiger charge is 2.21. The lowest BCUT2D eigenvalue weighted by molar-refractivity contribution is 0.103. The van der Waals surface area contributed by atoms with Crippen LogP contribution in [-0.2, 0) is 10.0 Å². The summed E-state index contributed by atoms with van der Waals surface area (Å²) in [5.41, 5.74) is 0.294. The van der Waals surface area contributed by atoms with Crippen LogP contribution in [0.25, 0.3) is 0 Å². The zero-order valence-electron chi connectivity index (χ0n) is 10.4. The van der Waals surface area contributed by atoms with Gasteiger partial charge in [0.15, 0.2) is 0 Å². The van der Waals surface area contributed by atoms with Crippen LogP contribution in [0.15, 0.2) is 17.2 Å². The standard InChI is InChI=1S/C10H8Cl2N4O3S2/c1-4-7(21(13,18)19)2-5(11)9(8(4)12)15-10(17)6-3-14-16-20-6/h2-3H,1H3,(H,15,17)(H2,13,18,19). The first-order valence-electron chi connectivity index (χ1n) is 5.32. The Morgan fingerprint density at radius 3 is 2.62 bits per heavy atom. The summed E-state index contributed by atoms with van der Waals surface area (Å²) in [6.45, 7) is 1.46. The summed E-state index contributed by atoms with van der Waals surface area (Å²) >= 11 is 12.9. The molecule has 1 aromatic carbocycles. The number of rotatable bonds is 3. The van der Waals surface area contributed by atoms with E-state index >= 15 is 0 Å². The summed E-state index contributed by atoms with van der Waals surface area (Å²) in [6.07, 6.45) is 1.29. The molecule has 2 aromatic rings. The Bertz CT molecular complexity index is 806. The van der Waals surface area contributed by atoms with E-state index in [1.165, 1.54) is 13.1 Å². The molecule has 0 aliphatic rings. The molecule has 0 atom stereocenters. The zero-order chi connectivity index (χ0) is 15.8. The zero-order valence-corrected chi connectivity index (χ0v) is 13.6. The molecule has 0 unspecified atom stereocenters. The lowest BCUT2D eigenvalue weighted by Gasteiger charge is -2.13. The molecule has 7 nitrogen and oxygen atoms in total. The lowest BCUT2D eigenvalue weighted by atomic mass is 10.2. The fourth-order valence-electron chi connectivity index (χ4n) is 1.55. The average Bonchev–Trinajstić information content (AvgIpc) is 2.91. The Kier molecular flexibility index (Phi) is 4.49. The molecule has 0 aliphatic heterocycles. The van der Waals surface area contributed by atoms with E-state index < -0.39 is 15.9 Å². The molecule has 0 spiro atoms. The minimum Gasteiger partial charge on any atom is -0.319 e. The molecule has 0 bridgehead atoms. The van der Waals surface area contributed by atoms with Crippen molar-refractivity contribution in [2.24, 2.45) is 5.14 Å². The maximum absolute atomic E-state index is 11.9. The molecule has 0 radical (unpaired) electrons. The van der Waals surface area contributed by atoms with Gasteiger partial charge in [0.25, 0.3) is 5.91 Å². The summed E-state index contributed by atoms with van der Waals surface area (Å²) < 4.78 is 26.4. The van der Waals surface area contributed by atoms with Crippen molar-refractivity contribution in [2.45, 2.75) is 11.8 Å². The molecule has 1 heterocycles. The Morgan fingerprint density at radius 1 is 1.43 bits per heavy atom. The van der Waals surface area contributed by atoms with Crippen LogP contribution >= 0.6 is 34.7 Å². The number of nitrogens with two attached hydrogens (primary N) is 1. The van der Waals surface area contributed by atoms with Crippen LogP contribution in [0.3, 0.4) is 0 Å². The number of carbonyl (C=O) groups is 1. The molecule has 3 N–H and O–H groups in total. The third-order valence-corrected chi connectivity index (χ3v) is 5.02. The van der Waals surface area contributed by atoms with Gasteiger partial charge in [0.1, 0.15) is 4.88 Å². The highest BCUT2D eigenvalue weighted by molar-refractivity contribution is 7.89. The van der Waals surface area contributed by atoms with E-state index in [0.717, 1.165) is 17.6 Å². The van der Waals surface area contributed by atoms with Crippen LogP contribution in [0.4, 0.5) is 5.69 Å². The molecule has 1 amide bonds. The summed E-state index contributed by atoms with van der Waals surface area (Å²) in [6, 6.07) is 1.14. The summed E-state index contributed by atoms with van der Waals surface area (Å²) in [4.78, 5) is 12.0. The number of anilines is 1. The minimum absolute atomic E-state index is 0.00245. The van der Waals surface area contributed by atoms with E-state index in [4.69, 9.17) is 28.3 Å². The lowest BCUT2D eigenvalue weighted by Crippen LogP contribution is -2.16. The fourth-order valence-corrected chi connectivity index (χ4v) is 3.44. The van der Waals surface area contributed by atoms with E-state index in [1.54, 1.807) is 0 Å². The number of aromatic nitrogens is 2. The smallest absolute Gasteiger partial charge is 0.269 e. The van der Waals surface area contributed by atoms with Crippen molar-refractivity contribution in [3.63, 3.8) is 0 Å². The first-order valence-corrected chi connectivity index (χ1v) is 8.39. The van der Waals surface area contributed by atoms with Crippen molar-refractivity contribution in [2.75, 3.05) is 5.32 Å². The summed E-state index contributed by atoms with van der Waals surface area (Å²) in [5, 5.41) is 11.1. The Balaban J connectivity index is 2.47. The number of amides is 1. The first-order chi connectivity index (χ1) is 9.71. The van der Waals surface area contributed by atoms with Crippen LogP contribution in [0.1, 0.15) is 15.2 Å². The second kappa shape index (κ2) is 5.85. The van der Waals surface area contributed by atoms with Gasteiger partial charge in [0, 0.05) is 0 Å². The predicted octanol–water partition coefficient (Wildman–Crippen LogP) is 2.05. The Labute approximate surface area is 134 Å². The normalized spacial score (nSPS) is 11.4. The van der Waals surface area contributed by atoms with Crippen LogP contribution in [-0.4, -0.2) is 23.9 Å². The molecule has 112 valence electrons. The van der Waals surface area contributed by atoms with Crippen molar-refractivity contribution in [3.8, 4) is 0 Å². The molecule has 11 heteroatoms. The molecule has 0 fully saturated rings. The molecular weight excluding hydrogens is 359 g/mol. The highest BCUT2D eigenvalue weighted by atomic mass is 35.5. The number of benzene rings is 1. The van der Waals surface area contributed by atoms with Crippen LogP contribution in [0.5, 0.6) is 0 Å². The number of hydrogen-bond donors (Lipinski definition) is 2. The molecule has 2 rings (SSSR count). The molecule has 0 saturated heterocycles. The topological polar surface area (TPSA) is 115 Å². The van der Waals surface area contributed by atoms with Crippen molar-refractivity contribution in [1.29, 1.82) is 0 Å². The predicted molar refractivity (Wildman–Crippen MR) is 80.4 cm³/mol. The molecular formula is C10H8Cl2N4O3S2. The number of sulfonamides is 1. The van der Waals surface area contributed by atoms with Crippen molar-refractivity contribution < 1.29 is 13.2 Å². The number of nitrogens with zero attached hydrogens (tertiary/aromatic N) is 2. The molecule has 0 saturated carbocycles. The van der Waals surface area contributed by atoms with E-state index in [-0.39, 0.29) is 31.1 Å².